The van der Waals surface area contributed by atoms with Gasteiger partial charge in [0.1, 0.15) is 12.4 Å². The summed E-state index contributed by atoms with van der Waals surface area (Å²) in [7, 11) is 0. The van der Waals surface area contributed by atoms with Crippen LogP contribution in [0.5, 0.6) is 5.75 Å². The molecule has 0 saturated heterocycles. The third kappa shape index (κ3) is 3.86. The summed E-state index contributed by atoms with van der Waals surface area (Å²) < 4.78 is 6.19. The molecular formula is C11H13BrClNO. The molecular weight excluding hydrogens is 277 g/mol. The highest BCUT2D eigenvalue weighted by Gasteiger charge is 2.05. The molecule has 0 saturated carbocycles. The standard InChI is InChI=1S/C11H13BrClNO/c1-7(12)6-15-11-4-3-9(8(2)14)5-10(11)13/h3-5,8H,1,6,14H2,2H3/t8-/m1/s1. The molecule has 2 N–H and O–H groups in total. The minimum absolute atomic E-state index is 0.0253. The number of ether oxygens (including phenoxy) is 1. The van der Waals surface area contributed by atoms with Crippen molar-refractivity contribution in [1.29, 1.82) is 0 Å². The molecule has 0 bridgehead atoms. The minimum atomic E-state index is -0.0253. The van der Waals surface area contributed by atoms with E-state index in [2.05, 4.69) is 22.5 Å². The highest BCUT2D eigenvalue weighted by molar-refractivity contribution is 9.11. The van der Waals surface area contributed by atoms with Crippen LogP contribution >= 0.6 is 27.5 Å². The van der Waals surface area contributed by atoms with E-state index in [9.17, 15) is 0 Å². The summed E-state index contributed by atoms with van der Waals surface area (Å²) in [4.78, 5) is 0. The van der Waals surface area contributed by atoms with Gasteiger partial charge in [-0.1, -0.05) is 40.2 Å². The third-order valence-electron chi connectivity index (χ3n) is 1.87. The largest absolute Gasteiger partial charge is 0.487 e. The lowest BCUT2D eigenvalue weighted by atomic mass is 10.1. The molecule has 0 spiro atoms. The van der Waals surface area contributed by atoms with Crippen LogP contribution in [0.4, 0.5) is 0 Å². The number of hydrogen-bond donors (Lipinski definition) is 1. The Morgan fingerprint density at radius 1 is 1.67 bits per heavy atom. The Bertz CT molecular complexity index is 366. The Kier molecular flexibility index (Phi) is 4.64. The zero-order valence-electron chi connectivity index (χ0n) is 8.47. The van der Waals surface area contributed by atoms with Crippen molar-refractivity contribution in [2.24, 2.45) is 5.73 Å². The Morgan fingerprint density at radius 2 is 2.33 bits per heavy atom. The van der Waals surface area contributed by atoms with Gasteiger partial charge in [-0.25, -0.2) is 0 Å². The van der Waals surface area contributed by atoms with Gasteiger partial charge < -0.3 is 10.5 Å². The quantitative estimate of drug-likeness (QED) is 0.918. The van der Waals surface area contributed by atoms with Gasteiger partial charge in [0.15, 0.2) is 0 Å². The van der Waals surface area contributed by atoms with Crippen LogP contribution in [-0.4, -0.2) is 6.61 Å². The smallest absolute Gasteiger partial charge is 0.138 e. The normalized spacial score (nSPS) is 12.3. The zero-order chi connectivity index (χ0) is 11.4. The predicted molar refractivity (Wildman–Crippen MR) is 67.6 cm³/mol. The van der Waals surface area contributed by atoms with Gasteiger partial charge in [0.05, 0.1) is 5.02 Å². The second kappa shape index (κ2) is 5.54. The SMILES string of the molecule is C=C(Br)COc1ccc([C@@H](C)N)cc1Cl. The second-order valence-electron chi connectivity index (χ2n) is 3.28. The monoisotopic (exact) mass is 289 g/mol. The molecule has 1 aromatic carbocycles. The number of benzene rings is 1. The van der Waals surface area contributed by atoms with E-state index in [0.29, 0.717) is 17.4 Å². The lowest BCUT2D eigenvalue weighted by Crippen LogP contribution is -2.05. The topological polar surface area (TPSA) is 35.2 Å². The van der Waals surface area contributed by atoms with E-state index >= 15 is 0 Å². The van der Waals surface area contributed by atoms with Crippen LogP contribution in [0, 0.1) is 0 Å². The molecule has 4 heteroatoms. The van der Waals surface area contributed by atoms with Crippen molar-refractivity contribution in [2.45, 2.75) is 13.0 Å². The number of rotatable bonds is 4. The van der Waals surface area contributed by atoms with Crippen molar-refractivity contribution in [3.63, 3.8) is 0 Å². The predicted octanol–water partition coefficient (Wildman–Crippen LogP) is 3.65. The first-order valence-electron chi connectivity index (χ1n) is 4.52. The number of halogens is 2. The van der Waals surface area contributed by atoms with Crippen molar-refractivity contribution in [2.75, 3.05) is 6.61 Å². The first-order chi connectivity index (χ1) is 7.00. The van der Waals surface area contributed by atoms with Gasteiger partial charge in [0, 0.05) is 10.5 Å². The van der Waals surface area contributed by atoms with Gasteiger partial charge in [0.2, 0.25) is 0 Å². The Balaban J connectivity index is 2.79. The van der Waals surface area contributed by atoms with Gasteiger partial charge in [0.25, 0.3) is 0 Å². The van der Waals surface area contributed by atoms with Crippen LogP contribution in [0.15, 0.2) is 29.3 Å². The summed E-state index contributed by atoms with van der Waals surface area (Å²) in [5.41, 5.74) is 6.72. The van der Waals surface area contributed by atoms with Crippen molar-refractivity contribution < 1.29 is 4.74 Å². The molecule has 1 aromatic rings. The zero-order valence-corrected chi connectivity index (χ0v) is 10.8. The van der Waals surface area contributed by atoms with E-state index in [-0.39, 0.29) is 6.04 Å². The number of nitrogens with two attached hydrogens (primary N) is 1. The molecule has 0 heterocycles. The molecule has 0 aliphatic rings. The lowest BCUT2D eigenvalue weighted by Gasteiger charge is -2.10. The molecule has 0 aromatic heterocycles. The van der Waals surface area contributed by atoms with E-state index in [1.807, 2.05) is 25.1 Å². The molecule has 1 rings (SSSR count). The molecule has 0 aliphatic carbocycles. The fraction of sp³-hybridized carbons (Fsp3) is 0.273. The van der Waals surface area contributed by atoms with Gasteiger partial charge in [-0.2, -0.15) is 0 Å². The van der Waals surface area contributed by atoms with E-state index < -0.39 is 0 Å². The van der Waals surface area contributed by atoms with Crippen LogP contribution in [0.2, 0.25) is 5.02 Å². The summed E-state index contributed by atoms with van der Waals surface area (Å²) in [5.74, 6) is 0.640. The first-order valence-corrected chi connectivity index (χ1v) is 5.69. The van der Waals surface area contributed by atoms with E-state index in [0.717, 1.165) is 10.0 Å². The van der Waals surface area contributed by atoms with Gasteiger partial charge in [-0.3, -0.25) is 0 Å². The van der Waals surface area contributed by atoms with Gasteiger partial charge in [-0.15, -0.1) is 0 Å². The molecule has 0 aliphatic heterocycles. The fourth-order valence-electron chi connectivity index (χ4n) is 1.07. The van der Waals surface area contributed by atoms with Gasteiger partial charge in [-0.05, 0) is 24.6 Å². The van der Waals surface area contributed by atoms with Crippen LogP contribution in [0.25, 0.3) is 0 Å². The van der Waals surface area contributed by atoms with Crippen molar-refractivity contribution in [3.8, 4) is 5.75 Å². The molecule has 0 fully saturated rings. The Labute approximate surface area is 103 Å². The average Bonchev–Trinajstić information content (AvgIpc) is 2.15. The van der Waals surface area contributed by atoms with Crippen LogP contribution in [-0.2, 0) is 0 Å². The van der Waals surface area contributed by atoms with Crippen LogP contribution < -0.4 is 10.5 Å². The molecule has 2 nitrogen and oxygen atoms in total. The van der Waals surface area contributed by atoms with E-state index in [1.54, 1.807) is 0 Å². The van der Waals surface area contributed by atoms with Crippen molar-refractivity contribution in [1.82, 2.24) is 0 Å². The lowest BCUT2D eigenvalue weighted by molar-refractivity contribution is 0.361. The molecule has 82 valence electrons. The summed E-state index contributed by atoms with van der Waals surface area (Å²) in [6.07, 6.45) is 0. The highest BCUT2D eigenvalue weighted by Crippen LogP contribution is 2.27. The fourth-order valence-corrected chi connectivity index (χ4v) is 1.43. The number of hydrogen-bond acceptors (Lipinski definition) is 2. The van der Waals surface area contributed by atoms with Crippen molar-refractivity contribution in [3.05, 3.63) is 39.8 Å². The van der Waals surface area contributed by atoms with E-state index in [1.165, 1.54) is 0 Å². The van der Waals surface area contributed by atoms with Crippen LogP contribution in [0.1, 0.15) is 18.5 Å². The van der Waals surface area contributed by atoms with E-state index in [4.69, 9.17) is 22.1 Å². The highest BCUT2D eigenvalue weighted by atomic mass is 79.9. The van der Waals surface area contributed by atoms with Gasteiger partial charge >= 0.3 is 0 Å². The maximum Gasteiger partial charge on any atom is 0.138 e. The molecule has 15 heavy (non-hydrogen) atoms. The molecule has 0 amide bonds. The summed E-state index contributed by atoms with van der Waals surface area (Å²) >= 11 is 9.24. The van der Waals surface area contributed by atoms with Crippen LogP contribution in [0.3, 0.4) is 0 Å². The summed E-state index contributed by atoms with van der Waals surface area (Å²) in [6.45, 7) is 5.98. The second-order valence-corrected chi connectivity index (χ2v) is 4.81. The third-order valence-corrected chi connectivity index (χ3v) is 2.39. The van der Waals surface area contributed by atoms with Crippen molar-refractivity contribution >= 4 is 27.5 Å². The maximum atomic E-state index is 6.03. The minimum Gasteiger partial charge on any atom is -0.487 e. The maximum absolute atomic E-state index is 6.03. The summed E-state index contributed by atoms with van der Waals surface area (Å²) in [5, 5.41) is 0.568. The Morgan fingerprint density at radius 3 is 2.80 bits per heavy atom. The first kappa shape index (κ1) is 12.6. The average molecular weight is 291 g/mol. The molecule has 1 atom stereocenters. The molecule has 0 radical (unpaired) electrons. The summed E-state index contributed by atoms with van der Waals surface area (Å²) in [6, 6.07) is 5.51. The molecule has 0 unspecified atom stereocenters. The Hall–Kier alpha value is -0.510.